The van der Waals surface area contributed by atoms with E-state index in [0.717, 1.165) is 13.0 Å². The fourth-order valence-corrected chi connectivity index (χ4v) is 3.19. The summed E-state index contributed by atoms with van der Waals surface area (Å²) in [5.74, 6) is 5.52. The van der Waals surface area contributed by atoms with Crippen molar-refractivity contribution in [3.05, 3.63) is 29.8 Å². The third-order valence-electron chi connectivity index (χ3n) is 2.98. The standard InChI is InChI=1S/C15H23N3O2S/c1-17(2)12-7-13-18(3)21(19,20)15-10-5-4-8-14(15)9-6-11-16/h4-5,8,10H,7,11-13,16H2,1-3H3. The number of nitrogens with two attached hydrogens (primary N) is 1. The molecule has 0 heterocycles. The Morgan fingerprint density at radius 2 is 1.81 bits per heavy atom. The van der Waals surface area contributed by atoms with Gasteiger partial charge in [0, 0.05) is 19.2 Å². The molecule has 5 nitrogen and oxygen atoms in total. The summed E-state index contributed by atoms with van der Waals surface area (Å²) in [5.41, 5.74) is 5.84. The minimum Gasteiger partial charge on any atom is -0.320 e. The predicted molar refractivity (Wildman–Crippen MR) is 85.4 cm³/mol. The highest BCUT2D eigenvalue weighted by Gasteiger charge is 2.22. The minimum atomic E-state index is -3.53. The van der Waals surface area contributed by atoms with Crippen molar-refractivity contribution in [2.75, 3.05) is 40.8 Å². The van der Waals surface area contributed by atoms with Crippen molar-refractivity contribution in [1.82, 2.24) is 9.21 Å². The molecular formula is C15H23N3O2S. The second kappa shape index (κ2) is 8.15. The molecule has 0 bridgehead atoms. The van der Waals surface area contributed by atoms with Gasteiger partial charge in [0.25, 0.3) is 0 Å². The molecule has 1 rings (SSSR count). The third-order valence-corrected chi connectivity index (χ3v) is 4.89. The summed E-state index contributed by atoms with van der Waals surface area (Å²) in [6.07, 6.45) is 0.777. The molecule has 0 aliphatic heterocycles. The van der Waals surface area contributed by atoms with Gasteiger partial charge in [-0.15, -0.1) is 0 Å². The first-order valence-electron chi connectivity index (χ1n) is 6.78. The van der Waals surface area contributed by atoms with E-state index in [1.165, 1.54) is 4.31 Å². The van der Waals surface area contributed by atoms with Crippen LogP contribution in [0.4, 0.5) is 0 Å². The molecular weight excluding hydrogens is 286 g/mol. The molecule has 116 valence electrons. The Labute approximate surface area is 127 Å². The fraction of sp³-hybridized carbons (Fsp3) is 0.467. The van der Waals surface area contributed by atoms with Crippen LogP contribution in [0.3, 0.4) is 0 Å². The highest BCUT2D eigenvalue weighted by atomic mass is 32.2. The molecule has 0 saturated carbocycles. The number of hydrogen-bond acceptors (Lipinski definition) is 4. The quantitative estimate of drug-likeness (QED) is 0.780. The SMILES string of the molecule is CN(C)CCCN(C)S(=O)(=O)c1ccccc1C#CCN. The molecule has 2 N–H and O–H groups in total. The lowest BCUT2D eigenvalue weighted by atomic mass is 10.2. The van der Waals surface area contributed by atoms with Gasteiger partial charge in [-0.3, -0.25) is 0 Å². The molecule has 0 atom stereocenters. The summed E-state index contributed by atoms with van der Waals surface area (Å²) < 4.78 is 26.6. The summed E-state index contributed by atoms with van der Waals surface area (Å²) in [5, 5.41) is 0. The lowest BCUT2D eigenvalue weighted by Gasteiger charge is -2.19. The molecule has 0 radical (unpaired) electrons. The van der Waals surface area contributed by atoms with Crippen LogP contribution >= 0.6 is 0 Å². The Morgan fingerprint density at radius 3 is 2.43 bits per heavy atom. The molecule has 0 aliphatic carbocycles. The fourth-order valence-electron chi connectivity index (χ4n) is 1.84. The minimum absolute atomic E-state index is 0.201. The zero-order valence-corrected chi connectivity index (χ0v) is 13.7. The summed E-state index contributed by atoms with van der Waals surface area (Å²) in [6, 6.07) is 6.75. The van der Waals surface area contributed by atoms with Gasteiger partial charge in [-0.2, -0.15) is 0 Å². The molecule has 0 fully saturated rings. The molecule has 1 aromatic rings. The van der Waals surface area contributed by atoms with Crippen LogP contribution in [0.15, 0.2) is 29.2 Å². The Hall–Kier alpha value is -1.39. The average Bonchev–Trinajstić information content (AvgIpc) is 2.44. The second-order valence-corrected chi connectivity index (χ2v) is 7.00. The van der Waals surface area contributed by atoms with Gasteiger partial charge < -0.3 is 10.6 Å². The van der Waals surface area contributed by atoms with E-state index in [0.29, 0.717) is 12.1 Å². The normalized spacial score (nSPS) is 11.5. The van der Waals surface area contributed by atoms with E-state index < -0.39 is 10.0 Å². The number of rotatable bonds is 6. The van der Waals surface area contributed by atoms with Crippen LogP contribution in [0.1, 0.15) is 12.0 Å². The Bertz CT molecular complexity index is 615. The topological polar surface area (TPSA) is 66.6 Å². The number of hydrogen-bond donors (Lipinski definition) is 1. The van der Waals surface area contributed by atoms with Crippen molar-refractivity contribution < 1.29 is 8.42 Å². The molecule has 1 aromatic carbocycles. The maximum atomic E-state index is 12.6. The van der Waals surface area contributed by atoms with E-state index in [1.54, 1.807) is 31.3 Å². The van der Waals surface area contributed by atoms with E-state index in [9.17, 15) is 8.42 Å². The molecule has 6 heteroatoms. The highest BCUT2D eigenvalue weighted by molar-refractivity contribution is 7.89. The van der Waals surface area contributed by atoms with E-state index in [-0.39, 0.29) is 11.4 Å². The number of nitrogens with zero attached hydrogens (tertiary/aromatic N) is 2. The molecule has 0 aromatic heterocycles. The zero-order chi connectivity index (χ0) is 15.9. The van der Waals surface area contributed by atoms with Crippen LogP contribution in [0.2, 0.25) is 0 Å². The van der Waals surface area contributed by atoms with Crippen LogP contribution in [0.5, 0.6) is 0 Å². The lowest BCUT2D eigenvalue weighted by Crippen LogP contribution is -2.30. The molecule has 0 saturated heterocycles. The van der Waals surface area contributed by atoms with Crippen LogP contribution < -0.4 is 5.73 Å². The van der Waals surface area contributed by atoms with Crippen molar-refractivity contribution in [1.29, 1.82) is 0 Å². The van der Waals surface area contributed by atoms with Crippen LogP contribution in [-0.2, 0) is 10.0 Å². The summed E-state index contributed by atoms with van der Waals surface area (Å²) in [6.45, 7) is 1.51. The van der Waals surface area contributed by atoms with Crippen molar-refractivity contribution in [3.8, 4) is 11.8 Å². The molecule has 0 amide bonds. The van der Waals surface area contributed by atoms with Crippen molar-refractivity contribution >= 4 is 10.0 Å². The lowest BCUT2D eigenvalue weighted by molar-refractivity contribution is 0.370. The molecule has 0 unspecified atom stereocenters. The van der Waals surface area contributed by atoms with Crippen molar-refractivity contribution in [3.63, 3.8) is 0 Å². The molecule has 21 heavy (non-hydrogen) atoms. The number of sulfonamides is 1. The van der Waals surface area contributed by atoms with Crippen LogP contribution in [-0.4, -0.2) is 58.4 Å². The van der Waals surface area contributed by atoms with E-state index in [4.69, 9.17) is 5.73 Å². The van der Waals surface area contributed by atoms with Gasteiger partial charge in [-0.05, 0) is 39.2 Å². The molecule has 0 spiro atoms. The first-order valence-corrected chi connectivity index (χ1v) is 8.22. The van der Waals surface area contributed by atoms with Gasteiger partial charge in [-0.25, -0.2) is 12.7 Å². The maximum absolute atomic E-state index is 12.6. The predicted octanol–water partition coefficient (Wildman–Crippen LogP) is 0.569. The first kappa shape index (κ1) is 17.7. The Morgan fingerprint density at radius 1 is 1.14 bits per heavy atom. The Kier molecular flexibility index (Phi) is 6.85. The largest absolute Gasteiger partial charge is 0.320 e. The van der Waals surface area contributed by atoms with Gasteiger partial charge in [0.05, 0.1) is 11.4 Å². The monoisotopic (exact) mass is 309 g/mol. The maximum Gasteiger partial charge on any atom is 0.244 e. The van der Waals surface area contributed by atoms with E-state index in [1.807, 2.05) is 19.0 Å². The van der Waals surface area contributed by atoms with Gasteiger partial charge in [0.15, 0.2) is 0 Å². The van der Waals surface area contributed by atoms with Gasteiger partial charge in [-0.1, -0.05) is 24.0 Å². The summed E-state index contributed by atoms with van der Waals surface area (Å²) in [4.78, 5) is 2.26. The van der Waals surface area contributed by atoms with Gasteiger partial charge in [0.1, 0.15) is 0 Å². The second-order valence-electron chi connectivity index (χ2n) is 4.99. The molecule has 0 aliphatic rings. The number of benzene rings is 1. The average molecular weight is 309 g/mol. The van der Waals surface area contributed by atoms with Crippen LogP contribution in [0, 0.1) is 11.8 Å². The first-order chi connectivity index (χ1) is 9.89. The summed E-state index contributed by atoms with van der Waals surface area (Å²) >= 11 is 0. The van der Waals surface area contributed by atoms with Crippen molar-refractivity contribution in [2.45, 2.75) is 11.3 Å². The summed E-state index contributed by atoms with van der Waals surface area (Å²) in [7, 11) is 2.00. The van der Waals surface area contributed by atoms with Crippen molar-refractivity contribution in [2.24, 2.45) is 5.73 Å². The van der Waals surface area contributed by atoms with E-state index >= 15 is 0 Å². The van der Waals surface area contributed by atoms with E-state index in [2.05, 4.69) is 11.8 Å². The zero-order valence-electron chi connectivity index (χ0n) is 12.8. The van der Waals surface area contributed by atoms with Gasteiger partial charge in [0.2, 0.25) is 10.0 Å². The third kappa shape index (κ3) is 5.14. The van der Waals surface area contributed by atoms with Gasteiger partial charge >= 0.3 is 0 Å². The smallest absolute Gasteiger partial charge is 0.244 e. The highest BCUT2D eigenvalue weighted by Crippen LogP contribution is 2.18. The van der Waals surface area contributed by atoms with Crippen LogP contribution in [0.25, 0.3) is 0 Å². The Balaban J connectivity index is 2.97.